The van der Waals surface area contributed by atoms with Gasteiger partial charge in [-0.3, -0.25) is 4.21 Å². The molecule has 1 aromatic heterocycles. The molecule has 1 rings (SSSR count). The summed E-state index contributed by atoms with van der Waals surface area (Å²) in [6, 6.07) is 3.47. The highest BCUT2D eigenvalue weighted by Crippen LogP contribution is 2.22. The SMILES string of the molecule is CC[S@@](=O)c1cc(OC(C)(C)C#N)cnc1C(N)=NO. The van der Waals surface area contributed by atoms with Crippen molar-refractivity contribution in [2.24, 2.45) is 10.9 Å². The molecular formula is C12H16N4O3S. The summed E-state index contributed by atoms with van der Waals surface area (Å²) >= 11 is 0. The van der Waals surface area contributed by atoms with Crippen LogP contribution >= 0.6 is 0 Å². The molecule has 20 heavy (non-hydrogen) atoms. The zero-order chi connectivity index (χ0) is 15.3. The average Bonchev–Trinajstić information content (AvgIpc) is 2.45. The van der Waals surface area contributed by atoms with Gasteiger partial charge in [0.2, 0.25) is 0 Å². The number of ether oxygens (including phenoxy) is 1. The Morgan fingerprint density at radius 2 is 2.35 bits per heavy atom. The Labute approximate surface area is 119 Å². The summed E-state index contributed by atoms with van der Waals surface area (Å²) < 4.78 is 17.5. The zero-order valence-electron chi connectivity index (χ0n) is 11.5. The van der Waals surface area contributed by atoms with Gasteiger partial charge in [0.15, 0.2) is 11.4 Å². The fraction of sp³-hybridized carbons (Fsp3) is 0.417. The predicted octanol–water partition coefficient (Wildman–Crippen LogP) is 0.985. The van der Waals surface area contributed by atoms with E-state index in [1.54, 1.807) is 20.8 Å². The van der Waals surface area contributed by atoms with E-state index in [9.17, 15) is 4.21 Å². The summed E-state index contributed by atoms with van der Waals surface area (Å²) in [7, 11) is -1.36. The van der Waals surface area contributed by atoms with Crippen molar-refractivity contribution in [1.82, 2.24) is 4.98 Å². The topological polar surface area (TPSA) is 122 Å². The Kier molecular flexibility index (Phi) is 5.05. The summed E-state index contributed by atoms with van der Waals surface area (Å²) in [4.78, 5) is 4.29. The van der Waals surface area contributed by atoms with E-state index in [-0.39, 0.29) is 11.5 Å². The van der Waals surface area contributed by atoms with Crippen molar-refractivity contribution in [2.45, 2.75) is 31.3 Å². The Bertz CT molecular complexity index is 593. The molecule has 0 aromatic carbocycles. The lowest BCUT2D eigenvalue weighted by molar-refractivity contribution is 0.168. The van der Waals surface area contributed by atoms with Gasteiger partial charge in [-0.2, -0.15) is 5.26 Å². The van der Waals surface area contributed by atoms with Crippen LogP contribution in [-0.2, 0) is 10.8 Å². The molecule has 0 radical (unpaired) electrons. The lowest BCUT2D eigenvalue weighted by atomic mass is 10.2. The third kappa shape index (κ3) is 3.68. The number of nitriles is 1. The predicted molar refractivity (Wildman–Crippen MR) is 74.0 cm³/mol. The third-order valence-electron chi connectivity index (χ3n) is 2.33. The van der Waals surface area contributed by atoms with Gasteiger partial charge in [0.1, 0.15) is 17.5 Å². The molecule has 0 aliphatic carbocycles. The van der Waals surface area contributed by atoms with Crippen LogP contribution in [0.4, 0.5) is 0 Å². The van der Waals surface area contributed by atoms with Crippen LogP contribution in [0.25, 0.3) is 0 Å². The molecule has 7 nitrogen and oxygen atoms in total. The van der Waals surface area contributed by atoms with Crippen LogP contribution in [0.1, 0.15) is 26.5 Å². The molecule has 0 aliphatic rings. The molecule has 0 fully saturated rings. The average molecular weight is 296 g/mol. The molecule has 0 saturated heterocycles. The molecule has 0 bridgehead atoms. The minimum atomic E-state index is -1.36. The van der Waals surface area contributed by atoms with Crippen LogP contribution in [0, 0.1) is 11.3 Å². The lowest BCUT2D eigenvalue weighted by Crippen LogP contribution is -2.26. The molecule has 0 unspecified atom stereocenters. The van der Waals surface area contributed by atoms with Crippen molar-refractivity contribution in [2.75, 3.05) is 5.75 Å². The molecule has 0 amide bonds. The first-order valence-electron chi connectivity index (χ1n) is 5.81. The van der Waals surface area contributed by atoms with Crippen molar-refractivity contribution in [3.8, 4) is 11.8 Å². The van der Waals surface area contributed by atoms with E-state index in [1.165, 1.54) is 12.3 Å². The summed E-state index contributed by atoms with van der Waals surface area (Å²) in [5.41, 5.74) is 4.60. The van der Waals surface area contributed by atoms with Crippen LogP contribution in [-0.4, -0.2) is 31.6 Å². The lowest BCUT2D eigenvalue weighted by Gasteiger charge is -2.18. The standard InChI is InChI=1S/C12H16N4O3S/c1-4-20(18)9-5-8(19-12(2,3)7-13)6-15-10(9)11(14)16-17/h5-6,17H,4H2,1-3H3,(H2,14,16)/t20-/m1/s1. The quantitative estimate of drug-likeness (QED) is 0.361. The largest absolute Gasteiger partial charge is 0.471 e. The number of nitrogens with two attached hydrogens (primary N) is 1. The number of amidine groups is 1. The fourth-order valence-electron chi connectivity index (χ4n) is 1.37. The first kappa shape index (κ1) is 15.9. The second kappa shape index (κ2) is 6.34. The van der Waals surface area contributed by atoms with Crippen LogP contribution < -0.4 is 10.5 Å². The summed E-state index contributed by atoms with van der Waals surface area (Å²) in [6.07, 6.45) is 1.34. The van der Waals surface area contributed by atoms with Crippen LogP contribution in [0.5, 0.6) is 5.75 Å². The molecule has 3 N–H and O–H groups in total. The highest BCUT2D eigenvalue weighted by Gasteiger charge is 2.21. The maximum Gasteiger partial charge on any atom is 0.190 e. The van der Waals surface area contributed by atoms with E-state index in [0.29, 0.717) is 16.4 Å². The van der Waals surface area contributed by atoms with E-state index in [1.807, 2.05) is 6.07 Å². The molecule has 8 heteroatoms. The van der Waals surface area contributed by atoms with Gasteiger partial charge in [-0.25, -0.2) is 4.98 Å². The monoisotopic (exact) mass is 296 g/mol. The van der Waals surface area contributed by atoms with Gasteiger partial charge in [0.25, 0.3) is 0 Å². The van der Waals surface area contributed by atoms with Gasteiger partial charge in [-0.05, 0) is 13.8 Å². The normalized spacial score (nSPS) is 13.6. The minimum absolute atomic E-state index is 0.134. The first-order valence-corrected chi connectivity index (χ1v) is 7.13. The van der Waals surface area contributed by atoms with Gasteiger partial charge >= 0.3 is 0 Å². The number of oxime groups is 1. The van der Waals surface area contributed by atoms with Crippen LogP contribution in [0.2, 0.25) is 0 Å². The van der Waals surface area contributed by atoms with E-state index in [0.717, 1.165) is 0 Å². The molecule has 0 aliphatic heterocycles. The van der Waals surface area contributed by atoms with E-state index in [2.05, 4.69) is 10.1 Å². The van der Waals surface area contributed by atoms with Crippen molar-refractivity contribution >= 4 is 16.6 Å². The molecule has 0 saturated carbocycles. The molecule has 1 aromatic rings. The van der Waals surface area contributed by atoms with Gasteiger partial charge < -0.3 is 15.7 Å². The molecule has 108 valence electrons. The van der Waals surface area contributed by atoms with Crippen molar-refractivity contribution in [3.05, 3.63) is 18.0 Å². The number of aromatic nitrogens is 1. The van der Waals surface area contributed by atoms with Gasteiger partial charge in [0, 0.05) is 11.8 Å². The maximum atomic E-state index is 12.0. The Morgan fingerprint density at radius 3 is 2.85 bits per heavy atom. The van der Waals surface area contributed by atoms with E-state index >= 15 is 0 Å². The second-order valence-corrected chi connectivity index (χ2v) is 6.07. The van der Waals surface area contributed by atoms with Crippen molar-refractivity contribution < 1.29 is 14.2 Å². The third-order valence-corrected chi connectivity index (χ3v) is 3.65. The van der Waals surface area contributed by atoms with Crippen molar-refractivity contribution in [3.63, 3.8) is 0 Å². The highest BCUT2D eigenvalue weighted by atomic mass is 32.2. The second-order valence-electron chi connectivity index (χ2n) is 4.36. The number of nitrogens with zero attached hydrogens (tertiary/aromatic N) is 3. The smallest absolute Gasteiger partial charge is 0.190 e. The number of pyridine rings is 1. The molecule has 1 heterocycles. The van der Waals surface area contributed by atoms with Crippen LogP contribution in [0.3, 0.4) is 0 Å². The maximum absolute atomic E-state index is 12.0. The fourth-order valence-corrected chi connectivity index (χ4v) is 2.30. The molecule has 1 atom stereocenters. The van der Waals surface area contributed by atoms with Crippen LogP contribution in [0.15, 0.2) is 22.3 Å². The molecule has 0 spiro atoms. The van der Waals surface area contributed by atoms with E-state index < -0.39 is 16.4 Å². The number of hydrogen-bond donors (Lipinski definition) is 2. The number of hydrogen-bond acceptors (Lipinski definition) is 6. The summed E-state index contributed by atoms with van der Waals surface area (Å²) in [6.45, 7) is 4.93. The van der Waals surface area contributed by atoms with Gasteiger partial charge in [-0.15, -0.1) is 0 Å². The number of rotatable bonds is 5. The molecular weight excluding hydrogens is 280 g/mol. The first-order chi connectivity index (χ1) is 9.34. The summed E-state index contributed by atoms with van der Waals surface area (Å²) in [5.74, 6) is 0.411. The Morgan fingerprint density at radius 1 is 1.70 bits per heavy atom. The Balaban J connectivity index is 3.29. The highest BCUT2D eigenvalue weighted by molar-refractivity contribution is 7.85. The summed E-state index contributed by atoms with van der Waals surface area (Å²) in [5, 5.41) is 20.5. The van der Waals surface area contributed by atoms with E-state index in [4.69, 9.17) is 20.9 Å². The van der Waals surface area contributed by atoms with Crippen molar-refractivity contribution in [1.29, 1.82) is 5.26 Å². The van der Waals surface area contributed by atoms with Gasteiger partial charge in [0.05, 0.1) is 21.9 Å². The Hall–Kier alpha value is -2.14. The van der Waals surface area contributed by atoms with Gasteiger partial charge in [-0.1, -0.05) is 12.1 Å². The minimum Gasteiger partial charge on any atom is -0.471 e. The zero-order valence-corrected chi connectivity index (χ0v) is 12.3.